The average molecular weight is 248 g/mol. The van der Waals surface area contributed by atoms with Crippen LogP contribution in [0.25, 0.3) is 0 Å². The number of methoxy groups -OCH3 is 1. The molecule has 18 heavy (non-hydrogen) atoms. The van der Waals surface area contributed by atoms with Gasteiger partial charge in [0.25, 0.3) is 0 Å². The fourth-order valence-corrected chi connectivity index (χ4v) is 3.00. The molecule has 1 heterocycles. The molecule has 3 nitrogen and oxygen atoms in total. The smallest absolute Gasteiger partial charge is 0.118 e. The van der Waals surface area contributed by atoms with Crippen LogP contribution < -0.4 is 10.5 Å². The Morgan fingerprint density at radius 3 is 2.61 bits per heavy atom. The molecule has 1 aliphatic heterocycles. The van der Waals surface area contributed by atoms with E-state index in [-0.39, 0.29) is 0 Å². The van der Waals surface area contributed by atoms with E-state index in [0.717, 1.165) is 18.8 Å². The second kappa shape index (κ2) is 6.21. The van der Waals surface area contributed by atoms with Gasteiger partial charge in [0.1, 0.15) is 5.75 Å². The molecular weight excluding hydrogens is 224 g/mol. The van der Waals surface area contributed by atoms with E-state index < -0.39 is 0 Å². The molecular formula is C15H24N2O. The van der Waals surface area contributed by atoms with Gasteiger partial charge in [-0.05, 0) is 56.6 Å². The van der Waals surface area contributed by atoms with Gasteiger partial charge in [-0.3, -0.25) is 4.90 Å². The van der Waals surface area contributed by atoms with E-state index in [9.17, 15) is 0 Å². The van der Waals surface area contributed by atoms with E-state index in [1.165, 1.54) is 24.8 Å². The maximum atomic E-state index is 5.97. The molecule has 0 radical (unpaired) electrons. The summed E-state index contributed by atoms with van der Waals surface area (Å²) in [5.41, 5.74) is 7.32. The van der Waals surface area contributed by atoms with Gasteiger partial charge in [-0.15, -0.1) is 0 Å². The van der Waals surface area contributed by atoms with Crippen molar-refractivity contribution in [3.05, 3.63) is 29.8 Å². The van der Waals surface area contributed by atoms with E-state index in [1.54, 1.807) is 7.11 Å². The molecule has 0 saturated carbocycles. The van der Waals surface area contributed by atoms with Gasteiger partial charge in [0.2, 0.25) is 0 Å². The van der Waals surface area contributed by atoms with Crippen LogP contribution in [0.15, 0.2) is 24.3 Å². The van der Waals surface area contributed by atoms with E-state index >= 15 is 0 Å². The molecule has 2 N–H and O–H groups in total. The number of ether oxygens (including phenoxy) is 1. The zero-order chi connectivity index (χ0) is 13.0. The summed E-state index contributed by atoms with van der Waals surface area (Å²) in [6.45, 7) is 1.92. The Morgan fingerprint density at radius 2 is 2.00 bits per heavy atom. The van der Waals surface area contributed by atoms with Crippen LogP contribution in [0.1, 0.15) is 30.9 Å². The molecule has 2 rings (SSSR count). The first-order valence-corrected chi connectivity index (χ1v) is 6.80. The summed E-state index contributed by atoms with van der Waals surface area (Å²) < 4.78 is 5.22. The van der Waals surface area contributed by atoms with Crippen molar-refractivity contribution in [3.8, 4) is 5.75 Å². The highest BCUT2D eigenvalue weighted by molar-refractivity contribution is 5.29. The lowest BCUT2D eigenvalue weighted by molar-refractivity contribution is 0.196. The molecule has 1 aliphatic rings. The monoisotopic (exact) mass is 248 g/mol. The van der Waals surface area contributed by atoms with Crippen molar-refractivity contribution in [1.82, 2.24) is 4.90 Å². The normalized spacial score (nSPS) is 25.7. The van der Waals surface area contributed by atoms with Crippen molar-refractivity contribution in [2.45, 2.75) is 25.3 Å². The second-order valence-electron chi connectivity index (χ2n) is 5.19. The quantitative estimate of drug-likeness (QED) is 0.893. The molecule has 2 atom stereocenters. The summed E-state index contributed by atoms with van der Waals surface area (Å²) in [6.07, 6.45) is 3.80. The predicted molar refractivity (Wildman–Crippen MR) is 74.8 cm³/mol. The number of hydrogen-bond donors (Lipinski definition) is 1. The number of benzene rings is 1. The molecule has 1 aromatic rings. The maximum absolute atomic E-state index is 5.97. The molecule has 1 aromatic carbocycles. The van der Waals surface area contributed by atoms with Gasteiger partial charge in [-0.2, -0.15) is 0 Å². The minimum Gasteiger partial charge on any atom is -0.497 e. The van der Waals surface area contributed by atoms with E-state index in [1.807, 2.05) is 12.1 Å². The van der Waals surface area contributed by atoms with E-state index in [4.69, 9.17) is 10.5 Å². The van der Waals surface area contributed by atoms with Gasteiger partial charge >= 0.3 is 0 Å². The van der Waals surface area contributed by atoms with Gasteiger partial charge < -0.3 is 10.5 Å². The molecule has 100 valence electrons. The summed E-state index contributed by atoms with van der Waals surface area (Å²) >= 11 is 0. The SMILES string of the molecule is COc1ccc(C2C(CN)CCCCN2C)cc1. The Balaban J connectivity index is 2.24. The molecule has 0 bridgehead atoms. The van der Waals surface area contributed by atoms with Crippen molar-refractivity contribution in [2.75, 3.05) is 27.2 Å². The Kier molecular flexibility index (Phi) is 4.61. The Labute approximate surface area is 110 Å². The van der Waals surface area contributed by atoms with Gasteiger partial charge in [0.05, 0.1) is 7.11 Å². The number of nitrogens with zero attached hydrogens (tertiary/aromatic N) is 1. The Morgan fingerprint density at radius 1 is 1.28 bits per heavy atom. The highest BCUT2D eigenvalue weighted by Crippen LogP contribution is 2.34. The van der Waals surface area contributed by atoms with Crippen LogP contribution in [0.5, 0.6) is 5.75 Å². The lowest BCUT2D eigenvalue weighted by Crippen LogP contribution is -2.32. The van der Waals surface area contributed by atoms with Crippen LogP contribution in [-0.4, -0.2) is 32.1 Å². The van der Waals surface area contributed by atoms with Crippen LogP contribution in [0, 0.1) is 5.92 Å². The van der Waals surface area contributed by atoms with Gasteiger partial charge in [-0.1, -0.05) is 18.6 Å². The third kappa shape index (κ3) is 2.85. The van der Waals surface area contributed by atoms with Crippen LogP contribution in [0.4, 0.5) is 0 Å². The van der Waals surface area contributed by atoms with Crippen molar-refractivity contribution in [2.24, 2.45) is 11.7 Å². The first-order valence-electron chi connectivity index (χ1n) is 6.80. The zero-order valence-corrected chi connectivity index (χ0v) is 11.4. The lowest BCUT2D eigenvalue weighted by Gasteiger charge is -2.32. The highest BCUT2D eigenvalue weighted by atomic mass is 16.5. The van der Waals surface area contributed by atoms with Gasteiger partial charge in [-0.25, -0.2) is 0 Å². The molecule has 0 aromatic heterocycles. The van der Waals surface area contributed by atoms with Crippen LogP contribution in [0.2, 0.25) is 0 Å². The lowest BCUT2D eigenvalue weighted by atomic mass is 9.89. The molecule has 2 unspecified atom stereocenters. The van der Waals surface area contributed by atoms with Crippen LogP contribution >= 0.6 is 0 Å². The summed E-state index contributed by atoms with van der Waals surface area (Å²) in [5, 5.41) is 0. The van der Waals surface area contributed by atoms with E-state index in [2.05, 4.69) is 24.1 Å². The molecule has 1 saturated heterocycles. The second-order valence-corrected chi connectivity index (χ2v) is 5.19. The number of hydrogen-bond acceptors (Lipinski definition) is 3. The minimum atomic E-state index is 0.448. The van der Waals surface area contributed by atoms with Crippen molar-refractivity contribution >= 4 is 0 Å². The molecule has 0 spiro atoms. The first-order chi connectivity index (χ1) is 8.76. The summed E-state index contributed by atoms with van der Waals surface area (Å²) in [7, 11) is 3.92. The number of likely N-dealkylation sites (tertiary alicyclic amines) is 1. The predicted octanol–water partition coefficient (Wildman–Crippen LogP) is 2.43. The topological polar surface area (TPSA) is 38.5 Å². The van der Waals surface area contributed by atoms with Crippen LogP contribution in [0.3, 0.4) is 0 Å². The molecule has 1 fully saturated rings. The Hall–Kier alpha value is -1.06. The summed E-state index contributed by atoms with van der Waals surface area (Å²) in [4.78, 5) is 2.45. The first kappa shape index (κ1) is 13.4. The number of rotatable bonds is 3. The average Bonchev–Trinajstić information content (AvgIpc) is 2.60. The molecule has 0 aliphatic carbocycles. The highest BCUT2D eigenvalue weighted by Gasteiger charge is 2.27. The van der Waals surface area contributed by atoms with Crippen molar-refractivity contribution < 1.29 is 4.74 Å². The Bertz CT molecular complexity index is 363. The third-order valence-corrected chi connectivity index (χ3v) is 4.02. The van der Waals surface area contributed by atoms with Crippen molar-refractivity contribution in [1.29, 1.82) is 0 Å². The fraction of sp³-hybridized carbons (Fsp3) is 0.600. The standard InChI is InChI=1S/C15H24N2O/c1-17-10-4-3-5-13(11-16)15(17)12-6-8-14(18-2)9-7-12/h6-9,13,15H,3-5,10-11,16H2,1-2H3. The molecule has 0 amide bonds. The third-order valence-electron chi connectivity index (χ3n) is 4.02. The summed E-state index contributed by atoms with van der Waals surface area (Å²) in [6, 6.07) is 8.88. The van der Waals surface area contributed by atoms with Crippen LogP contribution in [-0.2, 0) is 0 Å². The fourth-order valence-electron chi connectivity index (χ4n) is 3.00. The van der Waals surface area contributed by atoms with E-state index in [0.29, 0.717) is 12.0 Å². The summed E-state index contributed by atoms with van der Waals surface area (Å²) in [5.74, 6) is 1.48. The zero-order valence-electron chi connectivity index (χ0n) is 11.4. The molecule has 3 heteroatoms. The number of nitrogens with two attached hydrogens (primary N) is 1. The minimum absolute atomic E-state index is 0.448. The van der Waals surface area contributed by atoms with Gasteiger partial charge in [0, 0.05) is 6.04 Å². The van der Waals surface area contributed by atoms with Gasteiger partial charge in [0.15, 0.2) is 0 Å². The largest absolute Gasteiger partial charge is 0.497 e. The van der Waals surface area contributed by atoms with Crippen molar-refractivity contribution in [3.63, 3.8) is 0 Å². The maximum Gasteiger partial charge on any atom is 0.118 e.